The van der Waals surface area contributed by atoms with Crippen LogP contribution in [-0.2, 0) is 11.2 Å². The molecule has 2 N–H and O–H groups in total. The number of aromatic amines is 1. The van der Waals surface area contributed by atoms with Crippen molar-refractivity contribution >= 4 is 5.97 Å². The lowest BCUT2D eigenvalue weighted by atomic mass is 9.94. The molecule has 0 amide bonds. The summed E-state index contributed by atoms with van der Waals surface area (Å²) >= 11 is 0. The molecule has 1 aromatic carbocycles. The van der Waals surface area contributed by atoms with Gasteiger partial charge in [-0.1, -0.05) is 17.7 Å². The summed E-state index contributed by atoms with van der Waals surface area (Å²) in [7, 11) is 0. The van der Waals surface area contributed by atoms with Gasteiger partial charge in [0.1, 0.15) is 0 Å². The van der Waals surface area contributed by atoms with E-state index in [4.69, 9.17) is 5.11 Å². The Morgan fingerprint density at radius 1 is 1.26 bits per heavy atom. The first kappa shape index (κ1) is 13.3. The molecule has 0 aliphatic rings. The van der Waals surface area contributed by atoms with E-state index in [1.54, 1.807) is 6.20 Å². The highest BCUT2D eigenvalue weighted by atomic mass is 16.4. The number of aromatic nitrogens is 2. The van der Waals surface area contributed by atoms with E-state index in [-0.39, 0.29) is 6.42 Å². The summed E-state index contributed by atoms with van der Waals surface area (Å²) in [4.78, 5) is 10.7. The van der Waals surface area contributed by atoms with Gasteiger partial charge in [0.15, 0.2) is 0 Å². The zero-order chi connectivity index (χ0) is 14.0. The van der Waals surface area contributed by atoms with Crippen molar-refractivity contribution in [2.75, 3.05) is 0 Å². The number of hydrogen-bond donors (Lipinski definition) is 2. The number of carboxylic acids is 1. The van der Waals surface area contributed by atoms with Gasteiger partial charge in [-0.3, -0.25) is 9.89 Å². The molecule has 0 bridgehead atoms. The van der Waals surface area contributed by atoms with Crippen LogP contribution in [-0.4, -0.2) is 21.3 Å². The van der Waals surface area contributed by atoms with Gasteiger partial charge in [-0.05, 0) is 43.9 Å². The van der Waals surface area contributed by atoms with Crippen molar-refractivity contribution < 1.29 is 9.90 Å². The van der Waals surface area contributed by atoms with Crippen LogP contribution in [0.2, 0.25) is 0 Å². The van der Waals surface area contributed by atoms with Crippen LogP contribution in [0.3, 0.4) is 0 Å². The fraction of sp³-hybridized carbons (Fsp3) is 0.333. The van der Waals surface area contributed by atoms with E-state index >= 15 is 0 Å². The van der Waals surface area contributed by atoms with Gasteiger partial charge in [0.05, 0.1) is 11.9 Å². The first-order valence-electron chi connectivity index (χ1n) is 6.31. The van der Waals surface area contributed by atoms with Crippen molar-refractivity contribution in [2.24, 2.45) is 0 Å². The highest BCUT2D eigenvalue weighted by molar-refractivity contribution is 5.72. The Bertz CT molecular complexity index is 591. The van der Waals surface area contributed by atoms with E-state index in [1.165, 1.54) is 16.7 Å². The van der Waals surface area contributed by atoms with E-state index in [0.717, 1.165) is 16.8 Å². The molecule has 0 radical (unpaired) electrons. The van der Waals surface area contributed by atoms with Gasteiger partial charge < -0.3 is 5.11 Å². The molecule has 0 saturated carbocycles. The molecule has 4 heteroatoms. The number of hydrogen-bond acceptors (Lipinski definition) is 2. The molecule has 0 spiro atoms. The molecule has 0 fully saturated rings. The van der Waals surface area contributed by atoms with Crippen molar-refractivity contribution in [1.29, 1.82) is 0 Å². The summed E-state index contributed by atoms with van der Waals surface area (Å²) in [5.41, 5.74) is 6.61. The summed E-state index contributed by atoms with van der Waals surface area (Å²) in [6.07, 6.45) is 2.33. The maximum atomic E-state index is 10.7. The second-order valence-electron chi connectivity index (χ2n) is 4.94. The summed E-state index contributed by atoms with van der Waals surface area (Å²) < 4.78 is 0. The van der Waals surface area contributed by atoms with Gasteiger partial charge in [-0.15, -0.1) is 0 Å². The Morgan fingerprint density at radius 3 is 2.47 bits per heavy atom. The molecule has 0 saturated heterocycles. The lowest BCUT2D eigenvalue weighted by Gasteiger charge is -2.11. The molecule has 19 heavy (non-hydrogen) atoms. The molecule has 0 aliphatic heterocycles. The minimum atomic E-state index is -0.787. The van der Waals surface area contributed by atoms with Crippen LogP contribution < -0.4 is 0 Å². The summed E-state index contributed by atoms with van der Waals surface area (Å²) in [6, 6.07) is 4.26. The molecule has 0 unspecified atom stereocenters. The third-order valence-corrected chi connectivity index (χ3v) is 3.25. The monoisotopic (exact) mass is 258 g/mol. The predicted octanol–water partition coefficient (Wildman–Crippen LogP) is 3.02. The van der Waals surface area contributed by atoms with Crippen molar-refractivity contribution in [2.45, 2.75) is 33.6 Å². The number of H-pyrrole nitrogens is 1. The zero-order valence-corrected chi connectivity index (χ0v) is 11.4. The number of carboxylic acid groups (broad SMARTS) is 1. The minimum Gasteiger partial charge on any atom is -0.481 e. The maximum Gasteiger partial charge on any atom is 0.303 e. The highest BCUT2D eigenvalue weighted by Gasteiger charge is 2.13. The number of carbonyl (C=O) groups is 1. The van der Waals surface area contributed by atoms with E-state index < -0.39 is 5.97 Å². The van der Waals surface area contributed by atoms with E-state index in [1.807, 2.05) is 0 Å². The van der Waals surface area contributed by atoms with Crippen LogP contribution in [0.15, 0.2) is 18.3 Å². The molecule has 1 heterocycles. The van der Waals surface area contributed by atoms with Crippen LogP contribution in [0.4, 0.5) is 0 Å². The number of aryl methyl sites for hydroxylation is 4. The first-order valence-corrected chi connectivity index (χ1v) is 6.31. The number of nitrogens with zero attached hydrogens (tertiary/aromatic N) is 1. The highest BCUT2D eigenvalue weighted by Crippen LogP contribution is 2.29. The fourth-order valence-corrected chi connectivity index (χ4v) is 2.53. The minimum absolute atomic E-state index is 0.122. The van der Waals surface area contributed by atoms with Crippen LogP contribution in [0.1, 0.15) is 28.7 Å². The maximum absolute atomic E-state index is 10.7. The van der Waals surface area contributed by atoms with Crippen LogP contribution in [0, 0.1) is 20.8 Å². The molecule has 4 nitrogen and oxygen atoms in total. The van der Waals surface area contributed by atoms with Gasteiger partial charge in [0, 0.05) is 12.0 Å². The third-order valence-electron chi connectivity index (χ3n) is 3.25. The van der Waals surface area contributed by atoms with Gasteiger partial charge in [0.25, 0.3) is 0 Å². The molecule has 2 aromatic rings. The second-order valence-corrected chi connectivity index (χ2v) is 4.94. The third kappa shape index (κ3) is 2.84. The van der Waals surface area contributed by atoms with E-state index in [0.29, 0.717) is 6.42 Å². The van der Waals surface area contributed by atoms with E-state index in [9.17, 15) is 4.79 Å². The lowest BCUT2D eigenvalue weighted by Crippen LogP contribution is -1.99. The van der Waals surface area contributed by atoms with Crippen LogP contribution >= 0.6 is 0 Å². The number of benzene rings is 1. The van der Waals surface area contributed by atoms with Gasteiger partial charge in [0.2, 0.25) is 0 Å². The summed E-state index contributed by atoms with van der Waals surface area (Å²) in [5, 5.41) is 15.9. The Kier molecular flexibility index (Phi) is 3.69. The average Bonchev–Trinajstić information content (AvgIpc) is 2.73. The number of aliphatic carboxylic acids is 1. The van der Waals surface area contributed by atoms with E-state index in [2.05, 4.69) is 43.1 Å². The Morgan fingerprint density at radius 2 is 1.89 bits per heavy atom. The van der Waals surface area contributed by atoms with Crippen molar-refractivity contribution in [3.63, 3.8) is 0 Å². The Balaban J connectivity index is 2.43. The molecular formula is C15H18N2O2. The van der Waals surface area contributed by atoms with Gasteiger partial charge in [-0.25, -0.2) is 0 Å². The largest absolute Gasteiger partial charge is 0.481 e. The zero-order valence-electron chi connectivity index (χ0n) is 11.4. The van der Waals surface area contributed by atoms with Crippen LogP contribution in [0.25, 0.3) is 11.3 Å². The smallest absolute Gasteiger partial charge is 0.303 e. The van der Waals surface area contributed by atoms with Crippen molar-refractivity contribution in [1.82, 2.24) is 10.2 Å². The van der Waals surface area contributed by atoms with Gasteiger partial charge in [-0.2, -0.15) is 5.10 Å². The number of nitrogens with one attached hydrogen (secondary N) is 1. The van der Waals surface area contributed by atoms with Crippen LogP contribution in [0.5, 0.6) is 0 Å². The molecule has 1 aromatic heterocycles. The SMILES string of the molecule is Cc1cc(C)c(-c2[nH]ncc2CCC(=O)O)c(C)c1. The van der Waals surface area contributed by atoms with Crippen molar-refractivity contribution in [3.8, 4) is 11.3 Å². The molecular weight excluding hydrogens is 240 g/mol. The quantitative estimate of drug-likeness (QED) is 0.885. The molecule has 2 rings (SSSR count). The van der Waals surface area contributed by atoms with Crippen molar-refractivity contribution in [3.05, 3.63) is 40.6 Å². The molecule has 0 atom stereocenters. The normalized spacial score (nSPS) is 10.7. The lowest BCUT2D eigenvalue weighted by molar-refractivity contribution is -0.136. The summed E-state index contributed by atoms with van der Waals surface area (Å²) in [5.74, 6) is -0.787. The summed E-state index contributed by atoms with van der Waals surface area (Å²) in [6.45, 7) is 6.20. The predicted molar refractivity (Wildman–Crippen MR) is 74.2 cm³/mol. The Labute approximate surface area is 112 Å². The fourth-order valence-electron chi connectivity index (χ4n) is 2.53. The standard InChI is InChI=1S/C15H18N2O2/c1-9-6-10(2)14(11(3)7-9)15-12(8-16-17-15)4-5-13(18)19/h6-8H,4-5H2,1-3H3,(H,16,17)(H,18,19). The molecule has 100 valence electrons. The van der Waals surface area contributed by atoms with Gasteiger partial charge >= 0.3 is 5.97 Å². The first-order chi connectivity index (χ1) is 8.99. The number of rotatable bonds is 4. The topological polar surface area (TPSA) is 66.0 Å². The Hall–Kier alpha value is -2.10. The average molecular weight is 258 g/mol. The molecule has 0 aliphatic carbocycles. The second kappa shape index (κ2) is 5.26.